The smallest absolute Gasteiger partial charge is 0.269 e. The number of benzene rings is 2. The van der Waals surface area contributed by atoms with Gasteiger partial charge in [0.25, 0.3) is 5.91 Å². The normalized spacial score (nSPS) is 10.6. The van der Waals surface area contributed by atoms with Gasteiger partial charge in [0.1, 0.15) is 10.7 Å². The molecule has 24 heavy (non-hydrogen) atoms. The minimum absolute atomic E-state index is 0.286. The number of halogens is 2. The molecule has 1 aromatic heterocycles. The minimum Gasteiger partial charge on any atom is -0.269 e. The van der Waals surface area contributed by atoms with Crippen molar-refractivity contribution in [3.63, 3.8) is 0 Å². The Kier molecular flexibility index (Phi) is 5.48. The summed E-state index contributed by atoms with van der Waals surface area (Å²) in [5.74, 6) is -0.395. The maximum Gasteiger partial charge on any atom is 0.294 e. The second kappa shape index (κ2) is 7.77. The molecule has 0 atom stereocenters. The zero-order valence-corrected chi connectivity index (χ0v) is 14.7. The lowest BCUT2D eigenvalue weighted by atomic mass is 10.2. The van der Waals surface area contributed by atoms with E-state index < -0.39 is 5.91 Å². The van der Waals surface area contributed by atoms with E-state index in [9.17, 15) is 4.79 Å². The standard InChI is InChI=1S/C17H12Cl2N2O2S/c18-13-7-6-12(8-14(13)19)17-20-15(10-24-17)16(22)21-23-9-11-4-2-1-3-5-11/h1-8,10H,9H2,(H,21,22). The van der Waals surface area contributed by atoms with Gasteiger partial charge in [0.05, 0.1) is 16.7 Å². The van der Waals surface area contributed by atoms with Crippen LogP contribution in [-0.4, -0.2) is 10.9 Å². The highest BCUT2D eigenvalue weighted by Crippen LogP contribution is 2.30. The summed E-state index contributed by atoms with van der Waals surface area (Å²) in [7, 11) is 0. The molecule has 0 fully saturated rings. The molecule has 0 saturated heterocycles. The number of carbonyl (C=O) groups excluding carboxylic acids is 1. The molecular formula is C17H12Cl2N2O2S. The van der Waals surface area contributed by atoms with Crippen molar-refractivity contribution in [3.8, 4) is 10.6 Å². The van der Waals surface area contributed by atoms with Crippen LogP contribution in [0, 0.1) is 0 Å². The zero-order chi connectivity index (χ0) is 16.9. The Morgan fingerprint density at radius 1 is 1.12 bits per heavy atom. The van der Waals surface area contributed by atoms with Gasteiger partial charge in [-0.25, -0.2) is 10.5 Å². The predicted molar refractivity (Wildman–Crippen MR) is 96.3 cm³/mol. The molecule has 1 amide bonds. The lowest BCUT2D eigenvalue weighted by Gasteiger charge is -2.04. The average molecular weight is 379 g/mol. The monoisotopic (exact) mass is 378 g/mol. The van der Waals surface area contributed by atoms with Gasteiger partial charge in [0, 0.05) is 10.9 Å². The number of carbonyl (C=O) groups is 1. The SMILES string of the molecule is O=C(NOCc1ccccc1)c1csc(-c2ccc(Cl)c(Cl)c2)n1. The van der Waals surface area contributed by atoms with E-state index in [4.69, 9.17) is 28.0 Å². The van der Waals surface area contributed by atoms with Crippen molar-refractivity contribution in [3.05, 3.63) is 75.2 Å². The number of hydroxylamine groups is 1. The van der Waals surface area contributed by atoms with Crippen molar-refractivity contribution in [2.75, 3.05) is 0 Å². The van der Waals surface area contributed by atoms with Crippen molar-refractivity contribution >= 4 is 40.4 Å². The maximum atomic E-state index is 12.1. The number of nitrogens with one attached hydrogen (secondary N) is 1. The molecule has 0 spiro atoms. The van der Waals surface area contributed by atoms with E-state index in [0.717, 1.165) is 11.1 Å². The first kappa shape index (κ1) is 16.9. The third kappa shape index (κ3) is 4.13. The van der Waals surface area contributed by atoms with E-state index in [1.807, 2.05) is 30.3 Å². The zero-order valence-electron chi connectivity index (χ0n) is 12.3. The highest BCUT2D eigenvalue weighted by Gasteiger charge is 2.13. The molecule has 4 nitrogen and oxygen atoms in total. The summed E-state index contributed by atoms with van der Waals surface area (Å²) in [6, 6.07) is 14.8. The van der Waals surface area contributed by atoms with Gasteiger partial charge >= 0.3 is 0 Å². The molecule has 2 aromatic carbocycles. The number of rotatable bonds is 5. The van der Waals surface area contributed by atoms with Crippen LogP contribution in [0.1, 0.15) is 16.1 Å². The van der Waals surface area contributed by atoms with Gasteiger partial charge in [-0.1, -0.05) is 59.6 Å². The van der Waals surface area contributed by atoms with Crippen molar-refractivity contribution < 1.29 is 9.63 Å². The molecule has 0 radical (unpaired) electrons. The van der Waals surface area contributed by atoms with Crippen molar-refractivity contribution in [1.82, 2.24) is 10.5 Å². The topological polar surface area (TPSA) is 51.2 Å². The van der Waals surface area contributed by atoms with E-state index in [1.54, 1.807) is 23.6 Å². The highest BCUT2D eigenvalue weighted by molar-refractivity contribution is 7.13. The first-order valence-corrected chi connectivity index (χ1v) is 8.64. The lowest BCUT2D eigenvalue weighted by molar-refractivity contribution is 0.0230. The quantitative estimate of drug-likeness (QED) is 0.637. The molecule has 0 saturated carbocycles. The molecule has 3 aromatic rings. The van der Waals surface area contributed by atoms with Gasteiger partial charge in [-0.3, -0.25) is 9.63 Å². The van der Waals surface area contributed by atoms with Crippen molar-refractivity contribution in [2.45, 2.75) is 6.61 Å². The van der Waals surface area contributed by atoms with E-state index in [0.29, 0.717) is 15.1 Å². The average Bonchev–Trinajstić information content (AvgIpc) is 3.08. The van der Waals surface area contributed by atoms with Gasteiger partial charge < -0.3 is 0 Å². The Morgan fingerprint density at radius 3 is 2.67 bits per heavy atom. The Balaban J connectivity index is 1.62. The number of aromatic nitrogens is 1. The lowest BCUT2D eigenvalue weighted by Crippen LogP contribution is -2.23. The first-order chi connectivity index (χ1) is 11.6. The van der Waals surface area contributed by atoms with Gasteiger partial charge in [-0.05, 0) is 17.7 Å². The van der Waals surface area contributed by atoms with E-state index >= 15 is 0 Å². The largest absolute Gasteiger partial charge is 0.294 e. The number of amides is 1. The highest BCUT2D eigenvalue weighted by atomic mass is 35.5. The summed E-state index contributed by atoms with van der Waals surface area (Å²) in [6.07, 6.45) is 0. The fourth-order valence-electron chi connectivity index (χ4n) is 1.95. The fraction of sp³-hybridized carbons (Fsp3) is 0.0588. The van der Waals surface area contributed by atoms with Gasteiger partial charge in [-0.2, -0.15) is 0 Å². The van der Waals surface area contributed by atoms with Crippen molar-refractivity contribution in [1.29, 1.82) is 0 Å². The summed E-state index contributed by atoms with van der Waals surface area (Å²) in [5.41, 5.74) is 4.45. The Labute approximate surface area is 153 Å². The number of hydrogen-bond donors (Lipinski definition) is 1. The van der Waals surface area contributed by atoms with Crippen LogP contribution >= 0.6 is 34.5 Å². The van der Waals surface area contributed by atoms with Crippen LogP contribution in [0.25, 0.3) is 10.6 Å². The van der Waals surface area contributed by atoms with Crippen LogP contribution in [0.3, 0.4) is 0 Å². The third-order valence-electron chi connectivity index (χ3n) is 3.15. The van der Waals surface area contributed by atoms with Crippen LogP contribution in [0.15, 0.2) is 53.9 Å². The van der Waals surface area contributed by atoms with Crippen LogP contribution < -0.4 is 5.48 Å². The molecule has 0 bridgehead atoms. The molecule has 0 aliphatic carbocycles. The maximum absolute atomic E-state index is 12.1. The van der Waals surface area contributed by atoms with E-state index in [1.165, 1.54) is 11.3 Å². The molecule has 7 heteroatoms. The van der Waals surface area contributed by atoms with Gasteiger partial charge in [-0.15, -0.1) is 11.3 Å². The fourth-order valence-corrected chi connectivity index (χ4v) is 3.05. The Morgan fingerprint density at radius 2 is 1.92 bits per heavy atom. The van der Waals surface area contributed by atoms with E-state index in [2.05, 4.69) is 10.5 Å². The summed E-state index contributed by atoms with van der Waals surface area (Å²) in [6.45, 7) is 0.288. The molecule has 0 aliphatic rings. The van der Waals surface area contributed by atoms with Crippen LogP contribution in [0.2, 0.25) is 10.0 Å². The van der Waals surface area contributed by atoms with Gasteiger partial charge in [0.15, 0.2) is 0 Å². The second-order valence-electron chi connectivity index (χ2n) is 4.87. The van der Waals surface area contributed by atoms with Crippen LogP contribution in [0.5, 0.6) is 0 Å². The summed E-state index contributed by atoms with van der Waals surface area (Å²) >= 11 is 13.3. The number of hydrogen-bond acceptors (Lipinski definition) is 4. The molecule has 1 N–H and O–H groups in total. The molecule has 1 heterocycles. The summed E-state index contributed by atoms with van der Waals surface area (Å²) < 4.78 is 0. The molecule has 0 unspecified atom stereocenters. The molecule has 0 aliphatic heterocycles. The molecular weight excluding hydrogens is 367 g/mol. The van der Waals surface area contributed by atoms with E-state index in [-0.39, 0.29) is 12.3 Å². The Hall–Kier alpha value is -1.92. The summed E-state index contributed by atoms with van der Waals surface area (Å²) in [5, 5.41) is 3.27. The van der Waals surface area contributed by atoms with Crippen LogP contribution in [-0.2, 0) is 11.4 Å². The number of nitrogens with zero attached hydrogens (tertiary/aromatic N) is 1. The van der Waals surface area contributed by atoms with Crippen LogP contribution in [0.4, 0.5) is 0 Å². The minimum atomic E-state index is -0.395. The Bertz CT molecular complexity index is 853. The number of thiazole rings is 1. The van der Waals surface area contributed by atoms with Gasteiger partial charge in [0.2, 0.25) is 0 Å². The molecule has 3 rings (SSSR count). The molecule has 122 valence electrons. The summed E-state index contributed by atoms with van der Waals surface area (Å²) in [4.78, 5) is 21.6. The predicted octanol–water partition coefficient (Wildman–Crippen LogP) is 4.98. The second-order valence-corrected chi connectivity index (χ2v) is 6.54. The van der Waals surface area contributed by atoms with Crippen molar-refractivity contribution in [2.24, 2.45) is 0 Å². The third-order valence-corrected chi connectivity index (χ3v) is 4.78. The first-order valence-electron chi connectivity index (χ1n) is 7.00.